The van der Waals surface area contributed by atoms with Gasteiger partial charge < -0.3 is 19.7 Å². The summed E-state index contributed by atoms with van der Waals surface area (Å²) >= 11 is 0. The van der Waals surface area contributed by atoms with Gasteiger partial charge in [0, 0.05) is 12.8 Å². The molecule has 1 aliphatic rings. The lowest BCUT2D eigenvalue weighted by atomic mass is 10.1. The second-order valence-corrected chi connectivity index (χ2v) is 4.25. The van der Waals surface area contributed by atoms with Crippen molar-refractivity contribution in [1.29, 1.82) is 0 Å². The highest BCUT2D eigenvalue weighted by atomic mass is 16.6. The molecule has 0 aromatic rings. The van der Waals surface area contributed by atoms with Gasteiger partial charge in [0.15, 0.2) is 0 Å². The number of rotatable bonds is 0. The third-order valence-electron chi connectivity index (χ3n) is 2.55. The number of cyclic esters (lactones) is 2. The van der Waals surface area contributed by atoms with Gasteiger partial charge in [-0.15, -0.1) is 0 Å². The predicted molar refractivity (Wildman–Crippen MR) is 56.8 cm³/mol. The molecule has 0 saturated carbocycles. The van der Waals surface area contributed by atoms with E-state index < -0.39 is 11.8 Å². The molecule has 1 atom stereocenters. The maximum absolute atomic E-state index is 11.3. The molecule has 17 heavy (non-hydrogen) atoms. The average molecular weight is 246 g/mol. The van der Waals surface area contributed by atoms with E-state index in [2.05, 4.69) is 0 Å². The van der Waals surface area contributed by atoms with Gasteiger partial charge in [-0.2, -0.15) is 0 Å². The number of carbonyl (C=O) groups excluding carboxylic acids is 2. The number of esters is 2. The monoisotopic (exact) mass is 246 g/mol. The first-order valence-electron chi connectivity index (χ1n) is 5.73. The molecule has 0 aliphatic carbocycles. The van der Waals surface area contributed by atoms with E-state index in [-0.39, 0.29) is 37.9 Å². The number of aliphatic hydroxyl groups is 2. The minimum atomic E-state index is -2.51. The summed E-state index contributed by atoms with van der Waals surface area (Å²) in [6.07, 6.45) is 0.844. The van der Waals surface area contributed by atoms with Crippen LogP contribution in [0.4, 0.5) is 0 Å². The zero-order valence-electron chi connectivity index (χ0n) is 9.85. The second kappa shape index (κ2) is 5.97. The van der Waals surface area contributed by atoms with Crippen LogP contribution in [0, 0.1) is 0 Å². The van der Waals surface area contributed by atoms with E-state index in [1.807, 2.05) is 0 Å². The van der Waals surface area contributed by atoms with Crippen LogP contribution in [-0.4, -0.2) is 40.6 Å². The Morgan fingerprint density at radius 2 is 2.00 bits per heavy atom. The maximum atomic E-state index is 11.3. The zero-order chi connectivity index (χ0) is 12.9. The summed E-state index contributed by atoms with van der Waals surface area (Å²) in [5.74, 6) is -3.95. The van der Waals surface area contributed by atoms with E-state index in [1.54, 1.807) is 6.92 Å². The molecule has 1 rings (SSSR count). The molecule has 0 spiro atoms. The lowest BCUT2D eigenvalue weighted by Crippen LogP contribution is -2.40. The molecule has 2 N–H and O–H groups in total. The Kier molecular flexibility index (Phi) is 4.89. The van der Waals surface area contributed by atoms with Crippen LogP contribution in [0.1, 0.15) is 39.0 Å². The molecule has 0 amide bonds. The van der Waals surface area contributed by atoms with E-state index in [0.29, 0.717) is 12.8 Å². The Hall–Kier alpha value is -1.14. The van der Waals surface area contributed by atoms with Crippen molar-refractivity contribution in [2.45, 2.75) is 50.9 Å². The first-order chi connectivity index (χ1) is 7.92. The van der Waals surface area contributed by atoms with Gasteiger partial charge in [-0.05, 0) is 26.2 Å². The smallest absolute Gasteiger partial charge is 0.366 e. The van der Waals surface area contributed by atoms with Crippen molar-refractivity contribution in [2.24, 2.45) is 0 Å². The Morgan fingerprint density at radius 1 is 1.29 bits per heavy atom. The quantitative estimate of drug-likeness (QED) is 0.465. The van der Waals surface area contributed by atoms with Crippen molar-refractivity contribution in [3.05, 3.63) is 0 Å². The highest BCUT2D eigenvalue weighted by Gasteiger charge is 2.35. The molecule has 1 unspecified atom stereocenters. The van der Waals surface area contributed by atoms with Crippen molar-refractivity contribution in [2.75, 3.05) is 6.61 Å². The summed E-state index contributed by atoms with van der Waals surface area (Å²) < 4.78 is 9.80. The number of ether oxygens (including phenoxy) is 2. The number of hydrogen-bond acceptors (Lipinski definition) is 6. The van der Waals surface area contributed by atoms with Gasteiger partial charge in [0.25, 0.3) is 5.79 Å². The summed E-state index contributed by atoms with van der Waals surface area (Å²) in [6.45, 7) is 1.86. The molecule has 0 aromatic heterocycles. The fourth-order valence-electron chi connectivity index (χ4n) is 1.57. The van der Waals surface area contributed by atoms with Gasteiger partial charge in [0.05, 0.1) is 12.7 Å². The van der Waals surface area contributed by atoms with E-state index in [1.165, 1.54) is 0 Å². The molecular formula is C11H18O6. The van der Waals surface area contributed by atoms with Crippen LogP contribution in [-0.2, 0) is 19.1 Å². The van der Waals surface area contributed by atoms with Crippen molar-refractivity contribution >= 4 is 11.9 Å². The van der Waals surface area contributed by atoms with E-state index >= 15 is 0 Å². The molecule has 1 heterocycles. The average Bonchev–Trinajstić information content (AvgIpc) is 2.22. The molecule has 1 saturated heterocycles. The highest BCUT2D eigenvalue weighted by molar-refractivity contribution is 5.77. The summed E-state index contributed by atoms with van der Waals surface area (Å²) in [5, 5.41) is 18.8. The molecular weight excluding hydrogens is 228 g/mol. The molecule has 0 radical (unpaired) electrons. The lowest BCUT2D eigenvalue weighted by molar-refractivity contribution is -0.212. The third kappa shape index (κ3) is 4.70. The van der Waals surface area contributed by atoms with E-state index in [0.717, 1.165) is 0 Å². The van der Waals surface area contributed by atoms with Crippen LogP contribution < -0.4 is 0 Å². The Bertz CT molecular complexity index is 286. The normalized spacial score (nSPS) is 27.4. The maximum Gasteiger partial charge on any atom is 0.366 e. The van der Waals surface area contributed by atoms with Gasteiger partial charge in [0.2, 0.25) is 0 Å². The van der Waals surface area contributed by atoms with Crippen LogP contribution in [0.2, 0.25) is 0 Å². The van der Waals surface area contributed by atoms with Gasteiger partial charge in [0.1, 0.15) is 0 Å². The van der Waals surface area contributed by atoms with E-state index in [9.17, 15) is 19.8 Å². The highest BCUT2D eigenvalue weighted by Crippen LogP contribution is 2.15. The number of hydrogen-bond donors (Lipinski definition) is 2. The Balaban J connectivity index is 2.58. The molecule has 1 aliphatic heterocycles. The zero-order valence-corrected chi connectivity index (χ0v) is 9.85. The van der Waals surface area contributed by atoms with Crippen LogP contribution in [0.3, 0.4) is 0 Å². The van der Waals surface area contributed by atoms with Crippen molar-refractivity contribution < 1.29 is 29.3 Å². The number of carbonyl (C=O) groups is 2. The van der Waals surface area contributed by atoms with Crippen molar-refractivity contribution in [3.8, 4) is 0 Å². The molecule has 1 fully saturated rings. The third-order valence-corrected chi connectivity index (χ3v) is 2.55. The summed E-state index contributed by atoms with van der Waals surface area (Å²) in [5.41, 5.74) is 0. The SMILES string of the molecule is CC1CCCOC(=O)C(O)(O)CCCC(=O)O1. The molecule has 0 bridgehead atoms. The van der Waals surface area contributed by atoms with Gasteiger partial charge >= 0.3 is 11.9 Å². The summed E-state index contributed by atoms with van der Waals surface area (Å²) in [6, 6.07) is 0. The van der Waals surface area contributed by atoms with Crippen LogP contribution in [0.25, 0.3) is 0 Å². The Morgan fingerprint density at radius 3 is 2.71 bits per heavy atom. The van der Waals surface area contributed by atoms with Gasteiger partial charge in [-0.1, -0.05) is 0 Å². The van der Waals surface area contributed by atoms with Gasteiger partial charge in [-0.25, -0.2) is 4.79 Å². The summed E-state index contributed by atoms with van der Waals surface area (Å²) in [7, 11) is 0. The Labute approximate surface area is 99.5 Å². The molecule has 6 heteroatoms. The fraction of sp³-hybridized carbons (Fsp3) is 0.818. The second-order valence-electron chi connectivity index (χ2n) is 4.25. The summed E-state index contributed by atoms with van der Waals surface area (Å²) in [4.78, 5) is 22.6. The minimum absolute atomic E-state index is 0.0560. The van der Waals surface area contributed by atoms with Crippen LogP contribution >= 0.6 is 0 Å². The van der Waals surface area contributed by atoms with Crippen molar-refractivity contribution in [3.63, 3.8) is 0 Å². The topological polar surface area (TPSA) is 93.1 Å². The lowest BCUT2D eigenvalue weighted by Gasteiger charge is -2.21. The molecule has 0 aromatic carbocycles. The predicted octanol–water partition coefficient (Wildman–Crippen LogP) is 0.106. The van der Waals surface area contributed by atoms with Crippen LogP contribution in [0.5, 0.6) is 0 Å². The fourth-order valence-corrected chi connectivity index (χ4v) is 1.57. The van der Waals surface area contributed by atoms with E-state index in [4.69, 9.17) is 9.47 Å². The van der Waals surface area contributed by atoms with Crippen LogP contribution in [0.15, 0.2) is 0 Å². The molecule has 6 nitrogen and oxygen atoms in total. The first-order valence-corrected chi connectivity index (χ1v) is 5.73. The first kappa shape index (κ1) is 13.9. The standard InChI is InChI=1S/C11H18O6/c1-8-4-3-7-16-10(13)11(14,15)6-2-5-9(12)17-8/h8,14-15H,2-7H2,1H3. The van der Waals surface area contributed by atoms with Crippen molar-refractivity contribution in [1.82, 2.24) is 0 Å². The largest absolute Gasteiger partial charge is 0.463 e. The molecule has 98 valence electrons. The minimum Gasteiger partial charge on any atom is -0.463 e. The van der Waals surface area contributed by atoms with Gasteiger partial charge in [-0.3, -0.25) is 4.79 Å².